The Kier molecular flexibility index (Phi) is 45.4. The van der Waals surface area contributed by atoms with Crippen LogP contribution < -0.4 is 23.1 Å². The fraction of sp³-hybridized carbons (Fsp3) is 0.244. The van der Waals surface area contributed by atoms with Crippen molar-refractivity contribution in [3.05, 3.63) is 273 Å². The minimum atomic E-state index is -6.44. The van der Waals surface area contributed by atoms with Gasteiger partial charge in [-0.3, -0.25) is 29.1 Å². The Balaban J connectivity index is 0.000000280. The zero-order chi connectivity index (χ0) is 101. The number of aromatic nitrogens is 7. The fourth-order valence-corrected chi connectivity index (χ4v) is 28.9. The normalized spacial score (nSPS) is 11.1. The number of methoxy groups -OCH3 is 2. The Labute approximate surface area is 812 Å². The number of phenolic OH excluding ortho intramolecular Hbond substituents is 1. The summed E-state index contributed by atoms with van der Waals surface area (Å²) in [6, 6.07) is 66.8. The summed E-state index contributed by atoms with van der Waals surface area (Å²) >= 11 is 10.3. The van der Waals surface area contributed by atoms with Crippen LogP contribution in [0.15, 0.2) is 211 Å². The molecule has 0 fully saturated rings. The number of alkyl halides is 9. The number of phenols is 1. The van der Waals surface area contributed by atoms with Crippen LogP contribution in [0.1, 0.15) is 126 Å². The van der Waals surface area contributed by atoms with Crippen LogP contribution in [0.5, 0.6) is 23.0 Å². The van der Waals surface area contributed by atoms with Gasteiger partial charge in [-0.15, -0.1) is 47.3 Å². The summed E-state index contributed by atoms with van der Waals surface area (Å²) in [5.74, 6) is 0.272. The van der Waals surface area contributed by atoms with Crippen molar-refractivity contribution >= 4 is 130 Å². The summed E-state index contributed by atoms with van der Waals surface area (Å²) in [5, 5.41) is 56.4. The predicted molar refractivity (Wildman–Crippen MR) is 508 cm³/mol. The van der Waals surface area contributed by atoms with Gasteiger partial charge in [-0.25, -0.2) is 4.98 Å². The molecule has 27 nitrogen and oxygen atoms in total. The van der Waals surface area contributed by atoms with Crippen molar-refractivity contribution in [1.82, 2.24) is 34.3 Å². The van der Waals surface area contributed by atoms with E-state index in [0.717, 1.165) is 61.3 Å². The zero-order valence-electron chi connectivity index (χ0n) is 73.4. The molecule has 3 N–H and O–H groups in total. The molecule has 0 atom stereocenters. The van der Waals surface area contributed by atoms with Gasteiger partial charge in [-0.2, -0.15) is 91.1 Å². The molecule has 135 heavy (non-hydrogen) atoms. The molecule has 7 heterocycles. The van der Waals surface area contributed by atoms with Gasteiger partial charge in [0.2, 0.25) is 0 Å². The number of carbonyl (C=O) groups excluding carboxylic acids is 1. The second kappa shape index (κ2) is 53.7. The van der Waals surface area contributed by atoms with Crippen LogP contribution >= 0.6 is 63.2 Å². The number of nitrogens with zero attached hydrogens (tertiary/aromatic N) is 12. The van der Waals surface area contributed by atoms with Gasteiger partial charge in [-0.05, 0) is 199 Å². The summed E-state index contributed by atoms with van der Waals surface area (Å²) in [4.78, 5) is 38.3. The molecule has 0 saturated carbocycles. The van der Waals surface area contributed by atoms with E-state index in [1.165, 1.54) is 88.0 Å². The SMILES string of the molecule is BrB(Br)Br.CCC[CH2][Sn]([CH2]CCC)([CH2]CCC)[c]1cccc(C)n1.COc1cc(C#N)ccc1-c1cccc(C)n1.COc1cc(C#N)ccc1Br.Cc1cccc(-c2ccc(C#N)cc2-c2ccc3ncc(C(N)=O)n3c2)n1.Cc1cccc(-c2ccc(C#N)cc2O)n1.Cc1cccc(-c2ccc(C#N)cc2OS(=O)(=O)C(F)(F)F)n1.O=S(=O)(OOOS(=O)(=O)C(F)(F)F)C(F)(F)F. The van der Waals surface area contributed by atoms with Crippen LogP contribution in [0, 0.1) is 91.3 Å². The number of aryl methyl sites for hydroxylation is 5. The molecular formula is C90H85BBr4F9N13O14S3Sn. The van der Waals surface area contributed by atoms with E-state index in [4.69, 9.17) is 41.2 Å². The van der Waals surface area contributed by atoms with Crippen molar-refractivity contribution in [2.24, 2.45) is 5.73 Å². The third kappa shape index (κ3) is 35.3. The zero-order valence-corrected chi connectivity index (χ0v) is 85.1. The molecule has 0 unspecified atom stereocenters. The molecule has 5 aromatic carbocycles. The van der Waals surface area contributed by atoms with Gasteiger partial charge in [0.25, 0.3) is 5.91 Å². The molecule has 1 amide bonds. The van der Waals surface area contributed by atoms with Gasteiger partial charge in [0.15, 0.2) is 5.75 Å². The predicted octanol–water partition coefficient (Wildman–Crippen LogP) is 22.6. The van der Waals surface area contributed by atoms with Crippen molar-refractivity contribution in [2.45, 2.75) is 124 Å². The van der Waals surface area contributed by atoms with Gasteiger partial charge in [0.1, 0.15) is 28.6 Å². The van der Waals surface area contributed by atoms with Crippen molar-refractivity contribution < 1.29 is 102 Å². The second-order valence-corrected chi connectivity index (χ2v) is 53.2. The van der Waals surface area contributed by atoms with Gasteiger partial charge in [0.05, 0.1) is 106 Å². The number of hydrogen-bond acceptors (Lipinski definition) is 25. The summed E-state index contributed by atoms with van der Waals surface area (Å²) in [6.07, 6.45) is 11.5. The summed E-state index contributed by atoms with van der Waals surface area (Å²) in [6.45, 7) is 16.6. The quantitative estimate of drug-likeness (QED) is 0.0142. The molecule has 710 valence electrons. The molecule has 0 saturated heterocycles. The van der Waals surface area contributed by atoms with Crippen LogP contribution in [0.2, 0.25) is 13.3 Å². The molecule has 0 spiro atoms. The Hall–Kier alpha value is -11.5. The maximum atomic E-state index is 12.5. The van der Waals surface area contributed by atoms with Gasteiger partial charge >= 0.3 is 181 Å². The summed E-state index contributed by atoms with van der Waals surface area (Å²) in [7, 11) is -15.6. The third-order valence-electron chi connectivity index (χ3n) is 18.5. The van der Waals surface area contributed by atoms with Crippen molar-refractivity contribution in [3.8, 4) is 110 Å². The first-order valence-corrected chi connectivity index (χ1v) is 55.0. The van der Waals surface area contributed by atoms with E-state index < -0.39 is 76.9 Å². The Morgan fingerprint density at radius 2 is 0.807 bits per heavy atom. The standard InChI is InChI=1S/C21H15N5O.C14H9F3N2O3S.C14H12N2O.C13H10N2O.C8H6BrNO.C6H6N.3C4H9.C2F6O7S2.BBr3.Sn/c1-13-3-2-4-18(25-13)16-7-5-14(10-22)9-17(16)15-6-8-20-24-11-19(21(23)27)26(20)12-15;1-9-3-2-4-12(19-9)11-6-5-10(8-18)7-13(11)22-23(20,21)14(15,16)17;1-10-4-3-5-13(16-10)12-7-6-11(9-15)8-14(12)17-2;1-9-3-2-4-12(15-9)11-6-5-10(8-14)7-13(11)16;1-11-8-4-6(5-10)2-3-7(8)9;1-6-4-2-3-5-7-6;3*1-3-4-2;3-1(4,5)16(9,10)14-13-15-17(11,12)2(6,7)8;2-1(3)4;/h2-9,11-12H,1H3,(H2,23,27);2-7H,1H3;3-8H,1-2H3;2-7,16H,1H3;2-4H,1H3;2-4H,1H3;3*1,3-4H2,2H3;;;. The summed E-state index contributed by atoms with van der Waals surface area (Å²) < 4.78 is 197. The molecule has 0 aliphatic rings. The monoisotopic (exact) mass is 2290 g/mol. The number of aromatic hydroxyl groups is 1. The fourth-order valence-electron chi connectivity index (χ4n) is 12.0. The van der Waals surface area contributed by atoms with Crippen LogP contribution in [-0.4, -0.2) is 123 Å². The van der Waals surface area contributed by atoms with Crippen LogP contribution in [0.25, 0.3) is 61.8 Å². The van der Waals surface area contributed by atoms with Gasteiger partial charge < -0.3 is 24.5 Å². The number of hydrogen-bond donors (Lipinski definition) is 2. The largest absolute Gasteiger partial charge is 0.534 e. The van der Waals surface area contributed by atoms with Crippen LogP contribution in [0.4, 0.5) is 39.5 Å². The van der Waals surface area contributed by atoms with Crippen molar-refractivity contribution in [1.29, 1.82) is 26.3 Å². The number of benzene rings is 5. The van der Waals surface area contributed by atoms with Crippen LogP contribution in [0.3, 0.4) is 0 Å². The number of ether oxygens (including phenoxy) is 2. The smallest absolute Gasteiger partial charge is 0.507 e. The molecule has 0 aliphatic heterocycles. The number of primary amides is 1. The van der Waals surface area contributed by atoms with E-state index in [2.05, 4.69) is 164 Å². The maximum absolute atomic E-state index is 12.5. The van der Waals surface area contributed by atoms with E-state index in [-0.39, 0.29) is 25.8 Å². The molecule has 0 radical (unpaired) electrons. The second-order valence-electron chi connectivity index (χ2n) is 28.3. The molecular weight excluding hydrogens is 2200 g/mol. The van der Waals surface area contributed by atoms with E-state index >= 15 is 0 Å². The number of unbranched alkanes of at least 4 members (excludes halogenated alkanes) is 3. The van der Waals surface area contributed by atoms with Gasteiger partial charge in [0, 0.05) is 57.3 Å². The Morgan fingerprint density at radius 3 is 1.19 bits per heavy atom. The van der Waals surface area contributed by atoms with Crippen LogP contribution in [-0.2, 0) is 44.1 Å². The van der Waals surface area contributed by atoms with E-state index in [1.54, 1.807) is 102 Å². The third-order valence-corrected chi connectivity index (χ3v) is 36.8. The number of fused-ring (bicyclic) bond motifs is 1. The minimum absolute atomic E-state index is 0.0283. The average Bonchev–Trinajstić information content (AvgIpc) is 1.62. The van der Waals surface area contributed by atoms with E-state index in [1.807, 2.05) is 118 Å². The Bertz CT molecular complexity index is 6600. The maximum Gasteiger partial charge on any atom is 0.534 e. The number of nitriles is 5. The van der Waals surface area contributed by atoms with Gasteiger partial charge in [-0.1, -0.05) is 39.0 Å². The number of rotatable bonds is 24. The first-order chi connectivity index (χ1) is 63.5. The molecule has 12 rings (SSSR count). The molecule has 7 aromatic heterocycles. The van der Waals surface area contributed by atoms with Crippen molar-refractivity contribution in [2.75, 3.05) is 14.2 Å². The number of carbonyl (C=O) groups is 1. The minimum Gasteiger partial charge on any atom is -0.507 e. The first kappa shape index (κ1) is 114. The number of nitrogens with two attached hydrogens (primary N) is 1. The van der Waals surface area contributed by atoms with Crippen molar-refractivity contribution in [3.63, 3.8) is 0 Å². The first-order valence-electron chi connectivity index (χ1n) is 39.8. The van der Waals surface area contributed by atoms with E-state index in [0.29, 0.717) is 62.0 Å². The number of amides is 1. The van der Waals surface area contributed by atoms with E-state index in [9.17, 15) is 79.9 Å². The molecule has 45 heteroatoms. The average molecular weight is 2290 g/mol. The Morgan fingerprint density at radius 1 is 0.459 bits per heavy atom. The molecule has 0 aliphatic carbocycles. The molecule has 12 aromatic rings. The summed E-state index contributed by atoms with van der Waals surface area (Å²) in [5.41, 5.74) is 2.15. The molecule has 0 bridgehead atoms. The number of halogens is 13. The number of pyridine rings is 6. The number of imidazole rings is 1. The topological polar surface area (TPSA) is 422 Å².